The van der Waals surface area contributed by atoms with E-state index < -0.39 is 0 Å². The van der Waals surface area contributed by atoms with Gasteiger partial charge in [-0.1, -0.05) is 24.0 Å². The summed E-state index contributed by atoms with van der Waals surface area (Å²) in [7, 11) is 0. The Hall–Kier alpha value is -2.38. The molecule has 4 nitrogen and oxygen atoms in total. The van der Waals surface area contributed by atoms with Crippen LogP contribution in [0.25, 0.3) is 0 Å². The molecule has 0 atom stereocenters. The number of piperidine rings is 1. The number of benzene rings is 1. The van der Waals surface area contributed by atoms with Gasteiger partial charge in [-0.3, -0.25) is 0 Å². The summed E-state index contributed by atoms with van der Waals surface area (Å²) in [5.41, 5.74) is 8.52. The van der Waals surface area contributed by atoms with Gasteiger partial charge < -0.3 is 10.6 Å². The van der Waals surface area contributed by atoms with Gasteiger partial charge in [-0.25, -0.2) is 9.97 Å². The molecule has 0 amide bonds. The number of nitrogens with zero attached hydrogens (tertiary/aromatic N) is 3. The summed E-state index contributed by atoms with van der Waals surface area (Å²) in [6.45, 7) is 2.64. The maximum atomic E-state index is 5.64. The predicted molar refractivity (Wildman–Crippen MR) is 88.4 cm³/mol. The highest BCUT2D eigenvalue weighted by molar-refractivity contribution is 5.43. The molecule has 1 fully saturated rings. The molecule has 0 bridgehead atoms. The van der Waals surface area contributed by atoms with E-state index in [1.165, 1.54) is 19.3 Å². The number of hydrogen-bond donors (Lipinski definition) is 1. The van der Waals surface area contributed by atoms with Crippen molar-refractivity contribution in [3.63, 3.8) is 0 Å². The van der Waals surface area contributed by atoms with Gasteiger partial charge in [0.15, 0.2) is 0 Å². The van der Waals surface area contributed by atoms with Crippen molar-refractivity contribution < 1.29 is 0 Å². The molecule has 0 radical (unpaired) electrons. The van der Waals surface area contributed by atoms with Crippen molar-refractivity contribution in [3.05, 3.63) is 53.3 Å². The highest BCUT2D eigenvalue weighted by atomic mass is 15.2. The van der Waals surface area contributed by atoms with Crippen LogP contribution in [0.5, 0.6) is 0 Å². The maximum absolute atomic E-state index is 5.64. The molecule has 0 saturated carbocycles. The predicted octanol–water partition coefficient (Wildman–Crippen LogP) is 2.33. The lowest BCUT2D eigenvalue weighted by molar-refractivity contribution is 0.568. The van der Waals surface area contributed by atoms with E-state index in [4.69, 9.17) is 5.73 Å². The molecule has 1 saturated heterocycles. The Morgan fingerprint density at radius 3 is 2.45 bits per heavy atom. The summed E-state index contributed by atoms with van der Waals surface area (Å²) < 4.78 is 0. The third kappa shape index (κ3) is 3.63. The molecule has 1 aliphatic heterocycles. The normalized spacial score (nSPS) is 14.3. The molecule has 4 heteroatoms. The molecular weight excluding hydrogens is 272 g/mol. The number of rotatable bonds is 2. The fourth-order valence-electron chi connectivity index (χ4n) is 2.56. The zero-order chi connectivity index (χ0) is 15.2. The second-order valence-corrected chi connectivity index (χ2v) is 5.47. The number of aromatic nitrogens is 2. The van der Waals surface area contributed by atoms with Crippen LogP contribution in [-0.2, 0) is 6.54 Å². The molecule has 0 aliphatic carbocycles. The molecule has 112 valence electrons. The third-order valence-electron chi connectivity index (χ3n) is 3.79. The van der Waals surface area contributed by atoms with E-state index in [1.54, 1.807) is 12.4 Å². The first-order chi connectivity index (χ1) is 10.8. The monoisotopic (exact) mass is 292 g/mol. The van der Waals surface area contributed by atoms with Crippen molar-refractivity contribution in [1.82, 2.24) is 9.97 Å². The van der Waals surface area contributed by atoms with Crippen LogP contribution in [0.2, 0.25) is 0 Å². The second-order valence-electron chi connectivity index (χ2n) is 5.47. The minimum Gasteiger partial charge on any atom is -0.341 e. The average Bonchev–Trinajstić information content (AvgIpc) is 2.61. The topological polar surface area (TPSA) is 55.0 Å². The Bertz CT molecular complexity index is 676. The van der Waals surface area contributed by atoms with Crippen LogP contribution in [0, 0.1) is 11.8 Å². The van der Waals surface area contributed by atoms with Crippen molar-refractivity contribution >= 4 is 5.95 Å². The Kier molecular flexibility index (Phi) is 4.67. The zero-order valence-electron chi connectivity index (χ0n) is 12.6. The second kappa shape index (κ2) is 7.06. The van der Waals surface area contributed by atoms with Crippen LogP contribution in [-0.4, -0.2) is 23.1 Å². The van der Waals surface area contributed by atoms with E-state index in [-0.39, 0.29) is 0 Å². The van der Waals surface area contributed by atoms with Crippen LogP contribution in [0.15, 0.2) is 36.7 Å². The fourth-order valence-corrected chi connectivity index (χ4v) is 2.56. The molecule has 3 rings (SSSR count). The van der Waals surface area contributed by atoms with Gasteiger partial charge in [-0.05, 0) is 37.0 Å². The van der Waals surface area contributed by atoms with Crippen LogP contribution in [0.4, 0.5) is 5.95 Å². The number of nitrogens with two attached hydrogens (primary N) is 1. The Morgan fingerprint density at radius 1 is 1.00 bits per heavy atom. The lowest BCUT2D eigenvalue weighted by atomic mass is 10.1. The standard InChI is InChI=1S/C18H20N4/c19-12-16-6-4-5-15(11-16)7-8-17-13-20-18(21-14-17)22-9-2-1-3-10-22/h4-6,11,13-14H,1-3,9-10,12,19H2. The SMILES string of the molecule is NCc1cccc(C#Cc2cnc(N3CCCCC3)nc2)c1. The molecule has 1 aromatic carbocycles. The highest BCUT2D eigenvalue weighted by Crippen LogP contribution is 2.14. The fraction of sp³-hybridized carbons (Fsp3) is 0.333. The molecule has 2 heterocycles. The molecule has 2 N–H and O–H groups in total. The van der Waals surface area contributed by atoms with Gasteiger partial charge in [-0.2, -0.15) is 0 Å². The summed E-state index contributed by atoms with van der Waals surface area (Å²) in [4.78, 5) is 11.1. The zero-order valence-corrected chi connectivity index (χ0v) is 12.6. The van der Waals surface area contributed by atoms with Crippen molar-refractivity contribution in [2.24, 2.45) is 5.73 Å². The number of anilines is 1. The van der Waals surface area contributed by atoms with Crippen LogP contribution < -0.4 is 10.6 Å². The molecule has 0 unspecified atom stereocenters. The smallest absolute Gasteiger partial charge is 0.225 e. The summed E-state index contributed by atoms with van der Waals surface area (Å²) in [6.07, 6.45) is 7.36. The first kappa shape index (κ1) is 14.6. The van der Waals surface area contributed by atoms with Gasteiger partial charge in [0.25, 0.3) is 0 Å². The first-order valence-corrected chi connectivity index (χ1v) is 7.73. The minimum atomic E-state index is 0.531. The molecule has 1 aromatic heterocycles. The van der Waals surface area contributed by atoms with Gasteiger partial charge in [0.1, 0.15) is 0 Å². The van der Waals surface area contributed by atoms with Gasteiger partial charge in [0, 0.05) is 37.6 Å². The lowest BCUT2D eigenvalue weighted by Crippen LogP contribution is -2.30. The van der Waals surface area contributed by atoms with E-state index in [0.717, 1.165) is 35.7 Å². The number of hydrogen-bond acceptors (Lipinski definition) is 4. The highest BCUT2D eigenvalue weighted by Gasteiger charge is 2.12. The maximum Gasteiger partial charge on any atom is 0.225 e. The Balaban J connectivity index is 1.72. The quantitative estimate of drug-likeness (QED) is 0.863. The average molecular weight is 292 g/mol. The summed E-state index contributed by atoms with van der Waals surface area (Å²) in [6, 6.07) is 7.97. The first-order valence-electron chi connectivity index (χ1n) is 7.73. The summed E-state index contributed by atoms with van der Waals surface area (Å²) in [5, 5.41) is 0. The van der Waals surface area contributed by atoms with Crippen molar-refractivity contribution in [2.45, 2.75) is 25.8 Å². The third-order valence-corrected chi connectivity index (χ3v) is 3.79. The summed E-state index contributed by atoms with van der Waals surface area (Å²) in [5.74, 6) is 7.06. The lowest BCUT2D eigenvalue weighted by Gasteiger charge is -2.26. The van der Waals surface area contributed by atoms with Gasteiger partial charge >= 0.3 is 0 Å². The molecule has 22 heavy (non-hydrogen) atoms. The van der Waals surface area contributed by atoms with Crippen LogP contribution in [0.3, 0.4) is 0 Å². The van der Waals surface area contributed by atoms with Gasteiger partial charge in [0.2, 0.25) is 5.95 Å². The van der Waals surface area contributed by atoms with Crippen molar-refractivity contribution in [2.75, 3.05) is 18.0 Å². The van der Waals surface area contributed by atoms with Gasteiger partial charge in [-0.15, -0.1) is 0 Å². The summed E-state index contributed by atoms with van der Waals surface area (Å²) >= 11 is 0. The molecule has 1 aliphatic rings. The van der Waals surface area contributed by atoms with E-state index >= 15 is 0 Å². The van der Waals surface area contributed by atoms with Gasteiger partial charge in [0.05, 0.1) is 5.56 Å². The van der Waals surface area contributed by atoms with E-state index in [0.29, 0.717) is 6.54 Å². The van der Waals surface area contributed by atoms with Crippen LogP contribution in [0.1, 0.15) is 36.0 Å². The van der Waals surface area contributed by atoms with Crippen molar-refractivity contribution in [3.8, 4) is 11.8 Å². The molecule has 2 aromatic rings. The largest absolute Gasteiger partial charge is 0.341 e. The van der Waals surface area contributed by atoms with Crippen molar-refractivity contribution in [1.29, 1.82) is 0 Å². The Labute approximate surface area is 131 Å². The minimum absolute atomic E-state index is 0.531. The van der Waals surface area contributed by atoms with E-state index in [9.17, 15) is 0 Å². The Morgan fingerprint density at radius 2 is 1.73 bits per heavy atom. The van der Waals surface area contributed by atoms with E-state index in [1.807, 2.05) is 24.3 Å². The molecule has 0 spiro atoms. The van der Waals surface area contributed by atoms with E-state index in [2.05, 4.69) is 26.7 Å². The van der Waals surface area contributed by atoms with Crippen LogP contribution >= 0.6 is 0 Å². The molecular formula is C18H20N4.